The van der Waals surface area contributed by atoms with Gasteiger partial charge < -0.3 is 48.4 Å². The minimum absolute atomic E-state index is 0.166. The average Bonchev–Trinajstić information content (AvgIpc) is 3.75. The predicted octanol–water partition coefficient (Wildman–Crippen LogP) is 6.19. The van der Waals surface area contributed by atoms with Crippen molar-refractivity contribution in [3.05, 3.63) is 151 Å². The number of hydrogen-bond acceptors (Lipinski definition) is 14. The monoisotopic (exact) mass is 849 g/mol. The molecule has 0 radical (unpaired) electrons. The van der Waals surface area contributed by atoms with Crippen LogP contribution in [0.3, 0.4) is 0 Å². The van der Waals surface area contributed by atoms with E-state index in [1.54, 1.807) is 54.7 Å². The van der Waals surface area contributed by atoms with Crippen LogP contribution in [0.1, 0.15) is 25.0 Å². The first-order valence-electron chi connectivity index (χ1n) is 18.5. The van der Waals surface area contributed by atoms with E-state index < -0.39 is 19.7 Å². The third kappa shape index (κ3) is 11.0. The molecule has 312 valence electrons. The van der Waals surface area contributed by atoms with Crippen molar-refractivity contribution in [1.29, 1.82) is 0 Å². The number of nitrogen functional groups attached to an aromatic ring is 6. The molecule has 60 heavy (non-hydrogen) atoms. The van der Waals surface area contributed by atoms with Crippen LogP contribution in [0, 0.1) is 0 Å². The Hall–Kier alpha value is -7.24. The Bertz CT molecular complexity index is 2470. The topological polar surface area (TPSA) is 274 Å². The molecule has 0 aliphatic heterocycles. The van der Waals surface area contributed by atoms with Crippen LogP contribution in [-0.2, 0) is 26.1 Å². The van der Waals surface area contributed by atoms with Crippen molar-refractivity contribution >= 4 is 54.2 Å². The number of nitrogens with two attached hydrogens (primary N) is 6. The molecule has 0 bridgehead atoms. The maximum atomic E-state index is 12.2. The summed E-state index contributed by atoms with van der Waals surface area (Å²) in [6.07, 6.45) is 6.13. The van der Waals surface area contributed by atoms with Crippen LogP contribution in [0.4, 0.5) is 34.5 Å². The predicted molar refractivity (Wildman–Crippen MR) is 236 cm³/mol. The van der Waals surface area contributed by atoms with Crippen LogP contribution in [0.2, 0.25) is 0 Å². The first-order valence-corrected chi connectivity index (χ1v) is 21.4. The lowest BCUT2D eigenvalue weighted by atomic mass is 10.0. The van der Waals surface area contributed by atoms with Crippen LogP contribution < -0.4 is 43.9 Å². The second-order valence-electron chi connectivity index (χ2n) is 13.0. The molecule has 0 saturated carbocycles. The van der Waals surface area contributed by atoms with Gasteiger partial charge in [0.05, 0.1) is 32.8 Å². The largest absolute Gasteiger partial charge is 0.492 e. The lowest BCUT2D eigenvalue weighted by Gasteiger charge is -2.18. The smallest absolute Gasteiger partial charge is 0.221 e. The van der Waals surface area contributed by atoms with Crippen molar-refractivity contribution in [3.8, 4) is 17.2 Å². The van der Waals surface area contributed by atoms with Gasteiger partial charge in [0.1, 0.15) is 23.0 Å². The second kappa shape index (κ2) is 19.5. The van der Waals surface area contributed by atoms with Crippen LogP contribution in [0.25, 0.3) is 5.69 Å². The lowest BCUT2D eigenvalue weighted by Crippen LogP contribution is -2.07. The summed E-state index contributed by atoms with van der Waals surface area (Å²) in [5.74, 6) is 2.04. The molecule has 0 aliphatic rings. The van der Waals surface area contributed by atoms with Crippen LogP contribution in [0.5, 0.6) is 11.5 Å². The fourth-order valence-electron chi connectivity index (χ4n) is 5.66. The van der Waals surface area contributed by atoms with E-state index in [0.29, 0.717) is 48.2 Å². The van der Waals surface area contributed by atoms with Crippen LogP contribution >= 0.6 is 0 Å². The summed E-state index contributed by atoms with van der Waals surface area (Å²) in [5, 5.41) is 0. The number of hydrogen-bond donors (Lipinski definition) is 6. The Morgan fingerprint density at radius 1 is 0.550 bits per heavy atom. The molecule has 7 aromatic rings. The Morgan fingerprint density at radius 2 is 0.900 bits per heavy atom. The van der Waals surface area contributed by atoms with Gasteiger partial charge in [-0.05, 0) is 141 Å². The van der Waals surface area contributed by atoms with E-state index in [-0.39, 0.29) is 25.5 Å². The van der Waals surface area contributed by atoms with Crippen molar-refractivity contribution < 1.29 is 26.3 Å². The molecule has 5 aromatic carbocycles. The summed E-state index contributed by atoms with van der Waals surface area (Å²) < 4.78 is 62.5. The molecule has 17 heteroatoms. The quantitative estimate of drug-likeness (QED) is 0.0793. The van der Waals surface area contributed by atoms with Crippen molar-refractivity contribution in [2.24, 2.45) is 0 Å². The highest BCUT2D eigenvalue weighted by Crippen LogP contribution is 2.36. The highest BCUT2D eigenvalue weighted by Gasteiger charge is 2.19. The van der Waals surface area contributed by atoms with Crippen molar-refractivity contribution in [2.45, 2.75) is 39.9 Å². The number of anilines is 6. The van der Waals surface area contributed by atoms with Crippen LogP contribution in [0.15, 0.2) is 159 Å². The zero-order valence-electron chi connectivity index (χ0n) is 33.0. The molecular formula is C43H47N9O6S2. The molecule has 0 spiro atoms. The normalized spacial score (nSPS) is 11.0. The molecule has 0 aliphatic carbocycles. The van der Waals surface area contributed by atoms with E-state index >= 15 is 0 Å². The molecule has 0 amide bonds. The average molecular weight is 850 g/mol. The molecule has 2 heterocycles. The van der Waals surface area contributed by atoms with E-state index in [2.05, 4.69) is 9.97 Å². The number of aromatic nitrogens is 3. The first-order chi connectivity index (χ1) is 28.6. The van der Waals surface area contributed by atoms with E-state index in [0.717, 1.165) is 28.3 Å². The van der Waals surface area contributed by atoms with Crippen molar-refractivity contribution in [3.63, 3.8) is 0 Å². The SMILES string of the molecule is CCOc1cc(Cc2cnc(N)nc2N)cc(OCC)c1-n1cccc1.Nc1ccc(S(=O)(=O)c2ccc(N)cc2)cc1.Nc1ccc(S(=O)(=O)c2ccc(N)cc2)cc1. The molecule has 0 unspecified atom stereocenters. The molecule has 2 aromatic heterocycles. The van der Waals surface area contributed by atoms with E-state index in [9.17, 15) is 16.8 Å². The highest BCUT2D eigenvalue weighted by atomic mass is 32.2. The summed E-state index contributed by atoms with van der Waals surface area (Å²) >= 11 is 0. The van der Waals surface area contributed by atoms with Gasteiger partial charge in [0.2, 0.25) is 25.6 Å². The van der Waals surface area contributed by atoms with Gasteiger partial charge in [-0.1, -0.05) is 0 Å². The van der Waals surface area contributed by atoms with Crippen molar-refractivity contribution in [1.82, 2.24) is 14.5 Å². The molecular weight excluding hydrogens is 803 g/mol. The number of rotatable bonds is 11. The number of ether oxygens (including phenoxy) is 2. The fourth-order valence-corrected chi connectivity index (χ4v) is 8.18. The number of benzene rings is 5. The van der Waals surface area contributed by atoms with Gasteiger partial charge in [0, 0.05) is 53.3 Å². The number of sulfone groups is 2. The summed E-state index contributed by atoms with van der Waals surface area (Å²) in [4.78, 5) is 8.93. The molecule has 0 atom stereocenters. The Labute approximate surface area is 349 Å². The first kappa shape index (κ1) is 43.9. The standard InChI is InChI=1S/C19H23N5O2.2C12H12N2O2S/c1-3-25-15-10-13(9-14-12-22-19(21)23-18(14)20)11-16(26-4-2)17(15)24-7-5-6-8-24;2*13-9-1-5-11(6-2-9)17(15,16)12-7-3-10(14)4-8-12/h5-8,10-12H,3-4,9H2,1-2H3,(H4,20,21,22,23);2*1-8H,13-14H2. The summed E-state index contributed by atoms with van der Waals surface area (Å²) in [5.41, 5.74) is 38.4. The summed E-state index contributed by atoms with van der Waals surface area (Å²) in [6, 6.07) is 32.3. The Morgan fingerprint density at radius 3 is 1.22 bits per heavy atom. The van der Waals surface area contributed by atoms with Crippen molar-refractivity contribution in [2.75, 3.05) is 47.6 Å². The van der Waals surface area contributed by atoms with Crippen LogP contribution in [-0.4, -0.2) is 44.6 Å². The summed E-state index contributed by atoms with van der Waals surface area (Å²) in [6.45, 7) is 5.02. The van der Waals surface area contributed by atoms with Gasteiger partial charge in [0.25, 0.3) is 0 Å². The third-order valence-corrected chi connectivity index (χ3v) is 12.2. The van der Waals surface area contributed by atoms with E-state index in [1.807, 2.05) is 55.1 Å². The lowest BCUT2D eigenvalue weighted by molar-refractivity contribution is 0.320. The minimum atomic E-state index is -3.48. The number of nitrogens with zero attached hydrogens (tertiary/aromatic N) is 3. The third-order valence-electron chi connectivity index (χ3n) is 8.63. The van der Waals surface area contributed by atoms with Gasteiger partial charge in [-0.3, -0.25) is 0 Å². The molecule has 15 nitrogen and oxygen atoms in total. The maximum absolute atomic E-state index is 12.2. The van der Waals surface area contributed by atoms with Gasteiger partial charge in [-0.25, -0.2) is 21.8 Å². The minimum Gasteiger partial charge on any atom is -0.492 e. The fraction of sp³-hybridized carbons (Fsp3) is 0.116. The molecule has 0 fully saturated rings. The van der Waals surface area contributed by atoms with E-state index in [1.165, 1.54) is 48.5 Å². The zero-order valence-corrected chi connectivity index (χ0v) is 34.6. The van der Waals surface area contributed by atoms with Gasteiger partial charge >= 0.3 is 0 Å². The van der Waals surface area contributed by atoms with Gasteiger partial charge in [-0.15, -0.1) is 0 Å². The Kier molecular flexibility index (Phi) is 14.2. The molecule has 0 saturated heterocycles. The molecule has 7 rings (SSSR count). The van der Waals surface area contributed by atoms with Gasteiger partial charge in [0.15, 0.2) is 0 Å². The van der Waals surface area contributed by atoms with Gasteiger partial charge in [-0.2, -0.15) is 4.98 Å². The van der Waals surface area contributed by atoms with E-state index in [4.69, 9.17) is 43.9 Å². The summed E-state index contributed by atoms with van der Waals surface area (Å²) in [7, 11) is -6.97. The second-order valence-corrected chi connectivity index (χ2v) is 16.9. The zero-order chi connectivity index (χ0) is 43.5. The Balaban J connectivity index is 0.000000177. The molecule has 12 N–H and O–H groups in total. The maximum Gasteiger partial charge on any atom is 0.221 e. The highest BCUT2D eigenvalue weighted by molar-refractivity contribution is 7.91.